The van der Waals surface area contributed by atoms with Gasteiger partial charge in [0.05, 0.1) is 29.8 Å². The lowest BCUT2D eigenvalue weighted by molar-refractivity contribution is 0.197. The first-order valence-electron chi connectivity index (χ1n) is 13.0. The molecule has 202 valence electrons. The maximum atomic E-state index is 9.82. The number of aromatic nitrogens is 3. The van der Waals surface area contributed by atoms with Gasteiger partial charge < -0.3 is 30.5 Å². The summed E-state index contributed by atoms with van der Waals surface area (Å²) in [4.78, 5) is 4.91. The number of aliphatic hydroxyl groups is 1. The van der Waals surface area contributed by atoms with E-state index in [0.717, 1.165) is 52.5 Å². The Bertz CT molecular complexity index is 1310. The van der Waals surface area contributed by atoms with E-state index in [1.54, 1.807) is 7.11 Å². The number of fused-ring (bicyclic) bond motifs is 1. The van der Waals surface area contributed by atoms with Gasteiger partial charge in [-0.15, -0.1) is 0 Å². The lowest BCUT2D eigenvalue weighted by Gasteiger charge is -2.24. The maximum absolute atomic E-state index is 9.82. The smallest absolute Gasteiger partial charge is 0.162 e. The van der Waals surface area contributed by atoms with Gasteiger partial charge in [0.25, 0.3) is 0 Å². The predicted molar refractivity (Wildman–Crippen MR) is 153 cm³/mol. The van der Waals surface area contributed by atoms with Crippen LogP contribution in [0.2, 0.25) is 0 Å². The van der Waals surface area contributed by atoms with Crippen molar-refractivity contribution in [1.82, 2.24) is 20.1 Å². The van der Waals surface area contributed by atoms with E-state index in [1.165, 1.54) is 0 Å². The van der Waals surface area contributed by atoms with Crippen molar-refractivity contribution < 1.29 is 14.6 Å². The number of nitrogens with zero attached hydrogens (tertiary/aromatic N) is 3. The molecule has 2 aromatic heterocycles. The van der Waals surface area contributed by atoms with Crippen LogP contribution in [-0.2, 0) is 11.3 Å². The summed E-state index contributed by atoms with van der Waals surface area (Å²) in [5.74, 6) is 1.47. The molecule has 9 heteroatoms. The number of rotatable bonds is 14. The van der Waals surface area contributed by atoms with Crippen LogP contribution in [0.25, 0.3) is 22.3 Å². The molecule has 38 heavy (non-hydrogen) atoms. The monoisotopic (exact) mass is 518 g/mol. The van der Waals surface area contributed by atoms with Gasteiger partial charge in [-0.05, 0) is 45.0 Å². The summed E-state index contributed by atoms with van der Waals surface area (Å²) in [6.07, 6.45) is 0. The van der Waals surface area contributed by atoms with Crippen LogP contribution in [0.3, 0.4) is 0 Å². The molecule has 0 amide bonds. The summed E-state index contributed by atoms with van der Waals surface area (Å²) in [6, 6.07) is 20.0. The van der Waals surface area contributed by atoms with Gasteiger partial charge in [0.15, 0.2) is 5.65 Å². The van der Waals surface area contributed by atoms with Crippen LogP contribution in [-0.4, -0.2) is 65.4 Å². The predicted octanol–water partition coefficient (Wildman–Crippen LogP) is 4.66. The van der Waals surface area contributed by atoms with Crippen molar-refractivity contribution in [3.63, 3.8) is 0 Å². The lowest BCUT2D eigenvalue weighted by atomic mass is 10.1. The molecule has 0 saturated carbocycles. The van der Waals surface area contributed by atoms with Crippen molar-refractivity contribution in [2.24, 2.45) is 0 Å². The van der Waals surface area contributed by atoms with Gasteiger partial charge in [0.1, 0.15) is 23.9 Å². The minimum absolute atomic E-state index is 0.0266. The molecular formula is C29H38N6O3. The summed E-state index contributed by atoms with van der Waals surface area (Å²) < 4.78 is 12.8. The molecule has 0 unspecified atom stereocenters. The molecule has 0 atom stereocenters. The van der Waals surface area contributed by atoms with Gasteiger partial charge in [-0.1, -0.05) is 30.3 Å². The first-order chi connectivity index (χ1) is 18.4. The van der Waals surface area contributed by atoms with Crippen LogP contribution >= 0.6 is 0 Å². The number of aryl methyl sites for hydroxylation is 1. The Labute approximate surface area is 224 Å². The van der Waals surface area contributed by atoms with Crippen LogP contribution in [0, 0.1) is 0 Å². The van der Waals surface area contributed by atoms with Gasteiger partial charge in [0, 0.05) is 44.1 Å². The fourth-order valence-electron chi connectivity index (χ4n) is 4.07. The Morgan fingerprint density at radius 2 is 1.74 bits per heavy atom. The number of ether oxygens (including phenoxy) is 2. The van der Waals surface area contributed by atoms with E-state index in [2.05, 4.69) is 35.0 Å². The second-order valence-corrected chi connectivity index (χ2v) is 9.69. The van der Waals surface area contributed by atoms with E-state index in [1.807, 2.05) is 67.1 Å². The third kappa shape index (κ3) is 6.80. The second-order valence-electron chi connectivity index (χ2n) is 9.69. The number of pyridine rings is 1. The summed E-state index contributed by atoms with van der Waals surface area (Å²) in [6.45, 7) is 9.38. The third-order valence-corrected chi connectivity index (χ3v) is 6.07. The van der Waals surface area contributed by atoms with E-state index in [4.69, 9.17) is 19.6 Å². The van der Waals surface area contributed by atoms with Crippen LogP contribution in [0.1, 0.15) is 20.8 Å². The third-order valence-electron chi connectivity index (χ3n) is 6.07. The largest absolute Gasteiger partial charge is 0.492 e. The van der Waals surface area contributed by atoms with Gasteiger partial charge in [-0.3, -0.25) is 0 Å². The zero-order valence-electron chi connectivity index (χ0n) is 22.6. The molecule has 0 fully saturated rings. The zero-order chi connectivity index (χ0) is 27.0. The molecule has 4 aromatic rings. The molecule has 9 nitrogen and oxygen atoms in total. The van der Waals surface area contributed by atoms with E-state index >= 15 is 0 Å². The molecule has 4 rings (SSSR count). The van der Waals surface area contributed by atoms with Crippen LogP contribution in [0.4, 0.5) is 17.2 Å². The SMILES string of the molecule is CCn1nc(-c2ccccc2)c2c(Nc3ccc(OCCNCCOC)cc3)cc(NC(C)(C)CO)nc21. The summed E-state index contributed by atoms with van der Waals surface area (Å²) in [5, 5.41) is 25.9. The molecule has 0 aliphatic carbocycles. The molecular weight excluding hydrogens is 480 g/mol. The Balaban J connectivity index is 1.65. The highest BCUT2D eigenvalue weighted by Gasteiger charge is 2.22. The maximum Gasteiger partial charge on any atom is 0.162 e. The normalized spacial score (nSPS) is 11.6. The molecule has 0 radical (unpaired) electrons. The van der Waals surface area contributed by atoms with Crippen molar-refractivity contribution in [3.05, 3.63) is 60.7 Å². The number of hydrogen-bond acceptors (Lipinski definition) is 8. The topological polar surface area (TPSA) is 105 Å². The summed E-state index contributed by atoms with van der Waals surface area (Å²) in [5.41, 5.74) is 3.92. The van der Waals surface area contributed by atoms with Crippen molar-refractivity contribution in [1.29, 1.82) is 0 Å². The highest BCUT2D eigenvalue weighted by atomic mass is 16.5. The van der Waals surface area contributed by atoms with Crippen LogP contribution in [0.5, 0.6) is 5.75 Å². The number of nitrogens with one attached hydrogen (secondary N) is 3. The quantitative estimate of drug-likeness (QED) is 0.179. The zero-order valence-corrected chi connectivity index (χ0v) is 22.6. The minimum atomic E-state index is -0.533. The molecule has 0 aliphatic heterocycles. The van der Waals surface area contributed by atoms with Crippen molar-refractivity contribution >= 4 is 28.2 Å². The summed E-state index contributed by atoms with van der Waals surface area (Å²) >= 11 is 0. The molecule has 2 aromatic carbocycles. The fourth-order valence-corrected chi connectivity index (χ4v) is 4.07. The van der Waals surface area contributed by atoms with Gasteiger partial charge in [0.2, 0.25) is 0 Å². The first-order valence-corrected chi connectivity index (χ1v) is 13.0. The van der Waals surface area contributed by atoms with E-state index < -0.39 is 5.54 Å². The van der Waals surface area contributed by atoms with Gasteiger partial charge in [-0.2, -0.15) is 5.10 Å². The highest BCUT2D eigenvalue weighted by Crippen LogP contribution is 2.36. The molecule has 0 aliphatic rings. The average Bonchev–Trinajstić information content (AvgIpc) is 3.31. The Hall–Kier alpha value is -3.66. The van der Waals surface area contributed by atoms with E-state index in [9.17, 15) is 5.11 Å². The molecule has 0 bridgehead atoms. The minimum Gasteiger partial charge on any atom is -0.492 e. The first kappa shape index (κ1) is 27.4. The fraction of sp³-hybridized carbons (Fsp3) is 0.379. The molecule has 2 heterocycles. The number of methoxy groups -OCH3 is 1. The second kappa shape index (κ2) is 12.7. The standard InChI is InChI=1S/C29H38N6O3/c1-5-35-28-26(27(34-35)21-9-7-6-8-10-21)24(19-25(32-28)33-29(2,3)20-36)31-22-11-13-23(14-12-22)38-18-16-30-15-17-37-4/h6-14,19,30,36H,5,15-18,20H2,1-4H3,(H2,31,32,33). The van der Waals surface area contributed by atoms with Crippen molar-refractivity contribution in [2.75, 3.05) is 50.7 Å². The Kier molecular flexibility index (Phi) is 9.17. The van der Waals surface area contributed by atoms with Crippen LogP contribution < -0.4 is 20.7 Å². The average molecular weight is 519 g/mol. The molecule has 0 saturated heterocycles. The number of aliphatic hydroxyl groups excluding tert-OH is 1. The van der Waals surface area contributed by atoms with Crippen LogP contribution in [0.15, 0.2) is 60.7 Å². The highest BCUT2D eigenvalue weighted by molar-refractivity contribution is 6.03. The molecule has 4 N–H and O–H groups in total. The Morgan fingerprint density at radius 3 is 2.42 bits per heavy atom. The molecule has 0 spiro atoms. The summed E-state index contributed by atoms with van der Waals surface area (Å²) in [7, 11) is 1.69. The van der Waals surface area contributed by atoms with Crippen molar-refractivity contribution in [3.8, 4) is 17.0 Å². The van der Waals surface area contributed by atoms with Gasteiger partial charge >= 0.3 is 0 Å². The van der Waals surface area contributed by atoms with Crippen molar-refractivity contribution in [2.45, 2.75) is 32.9 Å². The Morgan fingerprint density at radius 1 is 1.00 bits per heavy atom. The van der Waals surface area contributed by atoms with E-state index in [0.29, 0.717) is 25.6 Å². The number of hydrogen-bond donors (Lipinski definition) is 4. The van der Waals surface area contributed by atoms with Gasteiger partial charge in [-0.25, -0.2) is 9.67 Å². The number of anilines is 3. The lowest BCUT2D eigenvalue weighted by Crippen LogP contribution is -2.35. The van der Waals surface area contributed by atoms with E-state index in [-0.39, 0.29) is 6.61 Å². The number of benzene rings is 2.